The minimum Gasteiger partial charge on any atom is -0.495 e. The number of piperidine rings is 1. The Morgan fingerprint density at radius 3 is 2.54 bits per heavy atom. The molecule has 1 fully saturated rings. The van der Waals surface area contributed by atoms with E-state index in [0.717, 1.165) is 0 Å². The molecule has 0 saturated carbocycles. The molecule has 24 heavy (non-hydrogen) atoms. The molecule has 0 spiro atoms. The van der Waals surface area contributed by atoms with Gasteiger partial charge in [0.1, 0.15) is 11.4 Å². The second-order valence-electron chi connectivity index (χ2n) is 6.89. The Morgan fingerprint density at radius 2 is 2.04 bits per heavy atom. The zero-order valence-electron chi connectivity index (χ0n) is 14.5. The van der Waals surface area contributed by atoms with Crippen molar-refractivity contribution in [1.82, 2.24) is 9.88 Å². The lowest BCUT2D eigenvalue weighted by atomic mass is 9.83. The van der Waals surface area contributed by atoms with Crippen molar-refractivity contribution in [3.63, 3.8) is 0 Å². The molecule has 0 aromatic carbocycles. The van der Waals surface area contributed by atoms with E-state index in [-0.39, 0.29) is 12.5 Å². The van der Waals surface area contributed by atoms with Gasteiger partial charge in [-0.3, -0.25) is 9.78 Å². The van der Waals surface area contributed by atoms with Crippen LogP contribution in [0.5, 0.6) is 5.75 Å². The number of nitrogens with zero attached hydrogens (tertiary/aromatic N) is 2. The molecule has 0 bridgehead atoms. The number of pyridine rings is 1. The van der Waals surface area contributed by atoms with E-state index in [1.807, 2.05) is 0 Å². The van der Waals surface area contributed by atoms with Crippen molar-refractivity contribution in [2.24, 2.45) is 5.92 Å². The maximum Gasteiger partial charge on any atom is 0.410 e. The summed E-state index contributed by atoms with van der Waals surface area (Å²) < 4.78 is 10.5. The zero-order chi connectivity index (χ0) is 17.9. The highest BCUT2D eigenvalue weighted by Gasteiger charge is 2.38. The highest BCUT2D eigenvalue weighted by atomic mass is 16.6. The van der Waals surface area contributed by atoms with Crippen LogP contribution in [0, 0.1) is 5.92 Å². The number of aliphatic carboxylic acids is 1. The second-order valence-corrected chi connectivity index (χ2v) is 6.89. The Hall–Kier alpha value is -2.31. The predicted octanol–water partition coefficient (Wildman–Crippen LogP) is 2.52. The van der Waals surface area contributed by atoms with Crippen molar-refractivity contribution in [1.29, 1.82) is 0 Å². The van der Waals surface area contributed by atoms with Crippen molar-refractivity contribution < 1.29 is 24.2 Å². The van der Waals surface area contributed by atoms with Gasteiger partial charge in [-0.15, -0.1) is 0 Å². The average Bonchev–Trinajstić information content (AvgIpc) is 2.52. The van der Waals surface area contributed by atoms with E-state index in [0.29, 0.717) is 24.4 Å². The Bertz CT molecular complexity index is 594. The summed E-state index contributed by atoms with van der Waals surface area (Å²) >= 11 is 0. The van der Waals surface area contributed by atoms with Crippen molar-refractivity contribution in [2.75, 3.05) is 20.2 Å². The van der Waals surface area contributed by atoms with Gasteiger partial charge in [-0.2, -0.15) is 0 Å². The smallest absolute Gasteiger partial charge is 0.410 e. The van der Waals surface area contributed by atoms with Crippen molar-refractivity contribution in [3.05, 3.63) is 24.0 Å². The number of ether oxygens (including phenoxy) is 2. The number of aromatic nitrogens is 1. The molecule has 2 rings (SSSR count). The van der Waals surface area contributed by atoms with E-state index in [1.54, 1.807) is 51.1 Å². The molecule has 2 atom stereocenters. The summed E-state index contributed by atoms with van der Waals surface area (Å²) in [6.45, 7) is 6.04. The molecule has 1 saturated heterocycles. The molecule has 2 unspecified atom stereocenters. The minimum absolute atomic E-state index is 0.269. The van der Waals surface area contributed by atoms with Crippen LogP contribution in [0.2, 0.25) is 0 Å². The minimum atomic E-state index is -0.874. The van der Waals surface area contributed by atoms with Gasteiger partial charge in [-0.1, -0.05) is 0 Å². The third kappa shape index (κ3) is 4.37. The first kappa shape index (κ1) is 18.0. The summed E-state index contributed by atoms with van der Waals surface area (Å²) in [5, 5.41) is 9.49. The number of carbonyl (C=O) groups is 2. The van der Waals surface area contributed by atoms with Crippen molar-refractivity contribution in [2.45, 2.75) is 38.7 Å². The molecule has 132 valence electrons. The number of methoxy groups -OCH3 is 1. The Labute approximate surface area is 141 Å². The Morgan fingerprint density at radius 1 is 1.33 bits per heavy atom. The summed E-state index contributed by atoms with van der Waals surface area (Å²) in [5.41, 5.74) is 0.0469. The number of rotatable bonds is 3. The van der Waals surface area contributed by atoms with E-state index in [1.165, 1.54) is 0 Å². The first-order chi connectivity index (χ1) is 11.2. The largest absolute Gasteiger partial charge is 0.495 e. The maximum atomic E-state index is 12.3. The lowest BCUT2D eigenvalue weighted by Crippen LogP contribution is -2.46. The van der Waals surface area contributed by atoms with Gasteiger partial charge >= 0.3 is 12.1 Å². The molecule has 2 heterocycles. The van der Waals surface area contributed by atoms with Crippen LogP contribution in [-0.2, 0) is 9.53 Å². The van der Waals surface area contributed by atoms with Gasteiger partial charge in [0.2, 0.25) is 0 Å². The zero-order valence-corrected chi connectivity index (χ0v) is 14.5. The number of carboxylic acid groups (broad SMARTS) is 1. The molecule has 0 aliphatic carbocycles. The molecule has 1 aliphatic rings. The van der Waals surface area contributed by atoms with Crippen LogP contribution in [0.15, 0.2) is 18.3 Å². The topological polar surface area (TPSA) is 89.0 Å². The summed E-state index contributed by atoms with van der Waals surface area (Å²) in [6, 6.07) is 3.49. The van der Waals surface area contributed by atoms with Gasteiger partial charge in [0, 0.05) is 24.7 Å². The molecule has 7 heteroatoms. The van der Waals surface area contributed by atoms with Crippen LogP contribution in [-0.4, -0.2) is 52.9 Å². The quantitative estimate of drug-likeness (QED) is 0.912. The van der Waals surface area contributed by atoms with Crippen molar-refractivity contribution >= 4 is 12.1 Å². The SMILES string of the molecule is COc1ccc(C2CN(C(=O)OC(C)(C)C)CCC2C(=O)O)nc1. The van der Waals surface area contributed by atoms with Gasteiger partial charge in [0.25, 0.3) is 0 Å². The lowest BCUT2D eigenvalue weighted by molar-refractivity contribution is -0.144. The number of hydrogen-bond donors (Lipinski definition) is 1. The fourth-order valence-corrected chi connectivity index (χ4v) is 2.77. The third-order valence-corrected chi connectivity index (χ3v) is 3.96. The molecule has 1 aliphatic heterocycles. The fraction of sp³-hybridized carbons (Fsp3) is 0.588. The monoisotopic (exact) mass is 336 g/mol. The molecule has 7 nitrogen and oxygen atoms in total. The van der Waals surface area contributed by atoms with Gasteiger partial charge in [-0.25, -0.2) is 4.79 Å². The fourth-order valence-electron chi connectivity index (χ4n) is 2.77. The van der Waals surface area contributed by atoms with Crippen LogP contribution in [0.4, 0.5) is 4.79 Å². The van der Waals surface area contributed by atoms with Crippen LogP contribution in [0.3, 0.4) is 0 Å². The average molecular weight is 336 g/mol. The first-order valence-electron chi connectivity index (χ1n) is 7.92. The van der Waals surface area contributed by atoms with E-state index in [2.05, 4.69) is 4.98 Å². The van der Waals surface area contributed by atoms with E-state index >= 15 is 0 Å². The molecule has 0 radical (unpaired) electrons. The lowest BCUT2D eigenvalue weighted by Gasteiger charge is -2.37. The van der Waals surface area contributed by atoms with Crippen LogP contribution >= 0.6 is 0 Å². The number of hydrogen-bond acceptors (Lipinski definition) is 5. The van der Waals surface area contributed by atoms with Crippen molar-refractivity contribution in [3.8, 4) is 5.75 Å². The standard InChI is InChI=1S/C17H24N2O5/c1-17(2,3)24-16(22)19-8-7-12(15(20)21)13(10-19)14-6-5-11(23-4)9-18-14/h5-6,9,12-13H,7-8,10H2,1-4H3,(H,20,21). The Kier molecular flexibility index (Phi) is 5.31. The second kappa shape index (κ2) is 7.07. The summed E-state index contributed by atoms with van der Waals surface area (Å²) in [7, 11) is 1.54. The normalized spacial score (nSPS) is 21.2. The van der Waals surface area contributed by atoms with Gasteiger partial charge in [0.05, 0.1) is 19.2 Å². The molecule has 1 aromatic rings. The number of amides is 1. The van der Waals surface area contributed by atoms with E-state index in [9.17, 15) is 14.7 Å². The van der Waals surface area contributed by atoms with Crippen LogP contribution < -0.4 is 4.74 Å². The highest BCUT2D eigenvalue weighted by Crippen LogP contribution is 2.33. The molecule has 1 amide bonds. The molecule has 1 N–H and O–H groups in total. The first-order valence-corrected chi connectivity index (χ1v) is 7.92. The summed E-state index contributed by atoms with van der Waals surface area (Å²) in [6.07, 6.45) is 1.50. The molecule has 1 aromatic heterocycles. The predicted molar refractivity (Wildman–Crippen MR) is 87.1 cm³/mol. The number of carbonyl (C=O) groups excluding carboxylic acids is 1. The number of carboxylic acids is 1. The van der Waals surface area contributed by atoms with Crippen LogP contribution in [0.1, 0.15) is 38.8 Å². The van der Waals surface area contributed by atoms with E-state index in [4.69, 9.17) is 9.47 Å². The van der Waals surface area contributed by atoms with Gasteiger partial charge in [0.15, 0.2) is 0 Å². The number of likely N-dealkylation sites (tertiary alicyclic amines) is 1. The van der Waals surface area contributed by atoms with Gasteiger partial charge in [-0.05, 0) is 39.3 Å². The highest BCUT2D eigenvalue weighted by molar-refractivity contribution is 5.73. The molecular formula is C17H24N2O5. The van der Waals surface area contributed by atoms with Crippen LogP contribution in [0.25, 0.3) is 0 Å². The summed E-state index contributed by atoms with van der Waals surface area (Å²) in [5.74, 6) is -1.23. The van der Waals surface area contributed by atoms with E-state index < -0.39 is 23.6 Å². The Balaban J connectivity index is 2.19. The molecular weight excluding hydrogens is 312 g/mol. The van der Waals surface area contributed by atoms with Gasteiger partial charge < -0.3 is 19.5 Å². The maximum absolute atomic E-state index is 12.3. The summed E-state index contributed by atoms with van der Waals surface area (Å²) in [4.78, 5) is 29.7. The third-order valence-electron chi connectivity index (χ3n) is 3.96.